The molecule has 0 aliphatic carbocycles. The van der Waals surface area contributed by atoms with Crippen LogP contribution >= 0.6 is 0 Å². The molecule has 0 spiro atoms. The third-order valence-corrected chi connectivity index (χ3v) is 6.43. The fraction of sp³-hybridized carbons (Fsp3) is 0.333. The van der Waals surface area contributed by atoms with Gasteiger partial charge in [0.05, 0.1) is 9.82 Å². The zero-order chi connectivity index (χ0) is 23.5. The molecule has 32 heavy (non-hydrogen) atoms. The molecule has 1 fully saturated rings. The van der Waals surface area contributed by atoms with Crippen LogP contribution in [0.4, 0.5) is 11.4 Å². The molecule has 0 bridgehead atoms. The number of carbonyl (C=O) groups excluding carboxylic acids is 2. The number of amides is 2. The molecule has 1 aliphatic rings. The van der Waals surface area contributed by atoms with Crippen molar-refractivity contribution >= 4 is 33.0 Å². The van der Waals surface area contributed by atoms with Crippen molar-refractivity contribution in [3.05, 3.63) is 63.7 Å². The zero-order valence-electron chi connectivity index (χ0n) is 17.8. The summed E-state index contributed by atoms with van der Waals surface area (Å²) in [6, 6.07) is 10.4. The second-order valence-corrected chi connectivity index (χ2v) is 9.57. The molecule has 1 N–H and O–H groups in total. The van der Waals surface area contributed by atoms with E-state index >= 15 is 0 Å². The van der Waals surface area contributed by atoms with Crippen LogP contribution in [-0.2, 0) is 21.2 Å². The fourth-order valence-corrected chi connectivity index (χ4v) is 4.11. The van der Waals surface area contributed by atoms with Gasteiger partial charge < -0.3 is 15.1 Å². The van der Waals surface area contributed by atoms with E-state index in [2.05, 4.69) is 5.32 Å². The molecule has 2 aromatic carbocycles. The van der Waals surface area contributed by atoms with Crippen molar-refractivity contribution in [3.8, 4) is 0 Å². The van der Waals surface area contributed by atoms with Gasteiger partial charge in [-0.05, 0) is 29.8 Å². The van der Waals surface area contributed by atoms with Crippen LogP contribution in [0, 0.1) is 10.1 Å². The summed E-state index contributed by atoms with van der Waals surface area (Å²) in [6.07, 6.45) is 1.11. The van der Waals surface area contributed by atoms with Crippen LogP contribution < -0.4 is 10.2 Å². The lowest BCUT2D eigenvalue weighted by Gasteiger charge is -2.35. The molecular weight excluding hydrogens is 436 g/mol. The van der Waals surface area contributed by atoms with Crippen molar-refractivity contribution in [2.24, 2.45) is 0 Å². The molecule has 0 aromatic heterocycles. The second-order valence-electron chi connectivity index (χ2n) is 7.55. The summed E-state index contributed by atoms with van der Waals surface area (Å²) >= 11 is 0. The number of anilines is 1. The Hall–Kier alpha value is -3.47. The molecule has 2 amide bonds. The fourth-order valence-electron chi connectivity index (χ4n) is 3.48. The number of benzene rings is 2. The van der Waals surface area contributed by atoms with Gasteiger partial charge in [-0.3, -0.25) is 19.7 Å². The van der Waals surface area contributed by atoms with Crippen LogP contribution in [0.15, 0.2) is 47.4 Å². The summed E-state index contributed by atoms with van der Waals surface area (Å²) in [4.78, 5) is 38.8. The maximum absolute atomic E-state index is 12.5. The monoisotopic (exact) mass is 460 g/mol. The van der Waals surface area contributed by atoms with Gasteiger partial charge >= 0.3 is 0 Å². The minimum atomic E-state index is -3.30. The summed E-state index contributed by atoms with van der Waals surface area (Å²) in [5.41, 5.74) is 1.08. The number of piperazine rings is 1. The number of nitro groups is 1. The first kappa shape index (κ1) is 23.2. The van der Waals surface area contributed by atoms with Crippen molar-refractivity contribution < 1.29 is 22.9 Å². The highest BCUT2D eigenvalue weighted by molar-refractivity contribution is 7.90. The summed E-state index contributed by atoms with van der Waals surface area (Å²) in [5, 5.41) is 14.3. The standard InChI is InChI=1S/C21H24N4O6S/c1-15(26)23-9-11-24(12-10-23)19-8-5-17(13-20(19)25(28)29)21(27)22-14-16-3-6-18(7-4-16)32(2,30)31/h3-8,13H,9-12,14H2,1-2H3,(H,22,27). The van der Waals surface area contributed by atoms with E-state index in [0.717, 1.165) is 6.26 Å². The largest absolute Gasteiger partial charge is 0.362 e. The molecule has 11 heteroatoms. The first-order valence-corrected chi connectivity index (χ1v) is 11.8. The van der Waals surface area contributed by atoms with Crippen molar-refractivity contribution in [2.75, 3.05) is 37.3 Å². The third kappa shape index (κ3) is 5.41. The SMILES string of the molecule is CC(=O)N1CCN(c2ccc(C(=O)NCc3ccc(S(C)(=O)=O)cc3)cc2[N+](=O)[O-])CC1. The van der Waals surface area contributed by atoms with Crippen LogP contribution in [0.25, 0.3) is 0 Å². The van der Waals surface area contributed by atoms with Gasteiger partial charge in [-0.2, -0.15) is 0 Å². The molecular formula is C21H24N4O6S. The predicted molar refractivity (Wildman–Crippen MR) is 118 cm³/mol. The maximum atomic E-state index is 12.5. The van der Waals surface area contributed by atoms with Gasteiger partial charge in [0, 0.05) is 57.5 Å². The van der Waals surface area contributed by atoms with E-state index in [1.165, 1.54) is 31.2 Å². The normalized spacial score (nSPS) is 14.2. The summed E-state index contributed by atoms with van der Waals surface area (Å²) in [7, 11) is -3.30. The molecule has 10 nitrogen and oxygen atoms in total. The number of nitro benzene ring substituents is 1. The van der Waals surface area contributed by atoms with Gasteiger partial charge in [-0.15, -0.1) is 0 Å². The van der Waals surface area contributed by atoms with Crippen molar-refractivity contribution in [2.45, 2.75) is 18.4 Å². The zero-order valence-corrected chi connectivity index (χ0v) is 18.6. The minimum Gasteiger partial charge on any atom is -0.362 e. The molecule has 170 valence electrons. The third-order valence-electron chi connectivity index (χ3n) is 5.30. The van der Waals surface area contributed by atoms with Crippen LogP contribution in [-0.4, -0.2) is 62.5 Å². The summed E-state index contributed by atoms with van der Waals surface area (Å²) in [5.74, 6) is -0.509. The minimum absolute atomic E-state index is 0.0304. The second kappa shape index (κ2) is 9.35. The molecule has 0 atom stereocenters. The Bertz CT molecular complexity index is 1140. The highest BCUT2D eigenvalue weighted by atomic mass is 32.2. The Labute approximate surface area is 185 Å². The molecule has 1 heterocycles. The van der Waals surface area contributed by atoms with E-state index in [-0.39, 0.29) is 28.6 Å². The average Bonchev–Trinajstić information content (AvgIpc) is 2.76. The maximum Gasteiger partial charge on any atom is 0.293 e. The summed E-state index contributed by atoms with van der Waals surface area (Å²) < 4.78 is 23.0. The molecule has 1 saturated heterocycles. The molecule has 0 unspecified atom stereocenters. The van der Waals surface area contributed by atoms with Crippen LogP contribution in [0.2, 0.25) is 0 Å². The number of sulfone groups is 1. The van der Waals surface area contributed by atoms with E-state index in [1.54, 1.807) is 23.1 Å². The van der Waals surface area contributed by atoms with E-state index < -0.39 is 20.7 Å². The predicted octanol–water partition coefficient (Wildman–Crippen LogP) is 1.60. The Morgan fingerprint density at radius 2 is 1.69 bits per heavy atom. The topological polar surface area (TPSA) is 130 Å². The number of hydrogen-bond donors (Lipinski definition) is 1. The first-order valence-electron chi connectivity index (χ1n) is 9.92. The van der Waals surface area contributed by atoms with Gasteiger partial charge in [0.1, 0.15) is 5.69 Å². The average molecular weight is 461 g/mol. The molecule has 1 aliphatic heterocycles. The molecule has 2 aromatic rings. The Kier molecular flexibility index (Phi) is 6.78. The highest BCUT2D eigenvalue weighted by Gasteiger charge is 2.25. The van der Waals surface area contributed by atoms with Gasteiger partial charge in [0.15, 0.2) is 9.84 Å². The molecule has 0 saturated carbocycles. The van der Waals surface area contributed by atoms with Crippen molar-refractivity contribution in [3.63, 3.8) is 0 Å². The molecule has 3 rings (SSSR count). The highest BCUT2D eigenvalue weighted by Crippen LogP contribution is 2.30. The lowest BCUT2D eigenvalue weighted by atomic mass is 10.1. The van der Waals surface area contributed by atoms with E-state index in [9.17, 15) is 28.1 Å². The number of nitrogens with zero attached hydrogens (tertiary/aromatic N) is 3. The lowest BCUT2D eigenvalue weighted by molar-refractivity contribution is -0.384. The lowest BCUT2D eigenvalue weighted by Crippen LogP contribution is -2.48. The smallest absolute Gasteiger partial charge is 0.293 e. The molecule has 0 radical (unpaired) electrons. The number of carbonyl (C=O) groups is 2. The number of nitrogens with one attached hydrogen (secondary N) is 1. The Morgan fingerprint density at radius 1 is 1.06 bits per heavy atom. The van der Waals surface area contributed by atoms with Crippen LogP contribution in [0.1, 0.15) is 22.8 Å². The van der Waals surface area contributed by atoms with E-state index in [4.69, 9.17) is 0 Å². The van der Waals surface area contributed by atoms with Gasteiger partial charge in [-0.25, -0.2) is 8.42 Å². The number of rotatable bonds is 6. The Balaban J connectivity index is 1.70. The van der Waals surface area contributed by atoms with Gasteiger partial charge in [-0.1, -0.05) is 12.1 Å². The first-order chi connectivity index (χ1) is 15.1. The van der Waals surface area contributed by atoms with Crippen molar-refractivity contribution in [1.29, 1.82) is 0 Å². The Morgan fingerprint density at radius 3 is 2.22 bits per heavy atom. The van der Waals surface area contributed by atoms with Crippen LogP contribution in [0.5, 0.6) is 0 Å². The summed E-state index contributed by atoms with van der Waals surface area (Å²) in [6.45, 7) is 3.53. The van der Waals surface area contributed by atoms with E-state index in [0.29, 0.717) is 37.4 Å². The van der Waals surface area contributed by atoms with Gasteiger partial charge in [0.25, 0.3) is 11.6 Å². The quantitative estimate of drug-likeness (QED) is 0.512. The van der Waals surface area contributed by atoms with Crippen LogP contribution in [0.3, 0.4) is 0 Å². The van der Waals surface area contributed by atoms with E-state index in [1.807, 2.05) is 4.90 Å². The van der Waals surface area contributed by atoms with Gasteiger partial charge in [0.2, 0.25) is 5.91 Å². The number of hydrogen-bond acceptors (Lipinski definition) is 7. The van der Waals surface area contributed by atoms with Crippen molar-refractivity contribution in [1.82, 2.24) is 10.2 Å².